The maximum Gasteiger partial charge on any atom is 0.325 e. The number of hydrogen-bond donors (Lipinski definition) is 1. The topological polar surface area (TPSA) is 93.2 Å². The standard InChI is InChI=1S/C13H16BrN5O3/c1-3-19-11(9(14)6-15-19)7-17(2)13(22)10-4-5-18(16-10)8-12(20)21/h4-6H,3,7-8H2,1-2H3,(H,20,21). The summed E-state index contributed by atoms with van der Waals surface area (Å²) in [6.45, 7) is 2.78. The molecular weight excluding hydrogens is 354 g/mol. The summed E-state index contributed by atoms with van der Waals surface area (Å²) in [7, 11) is 1.66. The average molecular weight is 370 g/mol. The molecule has 0 bridgehead atoms. The van der Waals surface area contributed by atoms with E-state index in [4.69, 9.17) is 5.11 Å². The number of carboxylic acid groups (broad SMARTS) is 1. The normalized spacial score (nSPS) is 10.7. The van der Waals surface area contributed by atoms with E-state index in [2.05, 4.69) is 26.1 Å². The summed E-state index contributed by atoms with van der Waals surface area (Å²) in [5.74, 6) is -1.29. The van der Waals surface area contributed by atoms with Gasteiger partial charge in [0.1, 0.15) is 12.2 Å². The van der Waals surface area contributed by atoms with Crippen molar-refractivity contribution >= 4 is 27.8 Å². The van der Waals surface area contributed by atoms with E-state index < -0.39 is 5.97 Å². The molecule has 0 unspecified atom stereocenters. The van der Waals surface area contributed by atoms with Crippen LogP contribution in [0.2, 0.25) is 0 Å². The largest absolute Gasteiger partial charge is 0.480 e. The van der Waals surface area contributed by atoms with Gasteiger partial charge in [-0.2, -0.15) is 10.2 Å². The molecule has 0 fully saturated rings. The third-order valence-electron chi connectivity index (χ3n) is 3.09. The Balaban J connectivity index is 2.10. The van der Waals surface area contributed by atoms with Crippen molar-refractivity contribution in [2.75, 3.05) is 7.05 Å². The maximum absolute atomic E-state index is 12.3. The van der Waals surface area contributed by atoms with E-state index in [1.807, 2.05) is 6.92 Å². The fourth-order valence-electron chi connectivity index (χ4n) is 2.01. The predicted molar refractivity (Wildman–Crippen MR) is 81.3 cm³/mol. The molecule has 0 spiro atoms. The summed E-state index contributed by atoms with van der Waals surface area (Å²) in [5.41, 5.74) is 1.10. The minimum absolute atomic E-state index is 0.211. The van der Waals surface area contributed by atoms with Gasteiger partial charge in [0.25, 0.3) is 5.91 Å². The van der Waals surface area contributed by atoms with Gasteiger partial charge in [-0.05, 0) is 28.9 Å². The van der Waals surface area contributed by atoms with Gasteiger partial charge < -0.3 is 10.0 Å². The van der Waals surface area contributed by atoms with Gasteiger partial charge in [0.15, 0.2) is 0 Å². The number of halogens is 1. The van der Waals surface area contributed by atoms with Crippen molar-refractivity contribution in [1.82, 2.24) is 24.5 Å². The molecule has 9 heteroatoms. The number of rotatable bonds is 6. The van der Waals surface area contributed by atoms with E-state index in [-0.39, 0.29) is 18.1 Å². The summed E-state index contributed by atoms with van der Waals surface area (Å²) >= 11 is 3.42. The molecule has 0 saturated heterocycles. The van der Waals surface area contributed by atoms with Crippen LogP contribution in [0.15, 0.2) is 22.9 Å². The summed E-state index contributed by atoms with van der Waals surface area (Å²) in [6, 6.07) is 1.51. The molecule has 2 rings (SSSR count). The first-order valence-electron chi connectivity index (χ1n) is 6.63. The van der Waals surface area contributed by atoms with E-state index in [1.165, 1.54) is 21.8 Å². The lowest BCUT2D eigenvalue weighted by molar-refractivity contribution is -0.137. The van der Waals surface area contributed by atoms with Gasteiger partial charge in [0, 0.05) is 19.8 Å². The van der Waals surface area contributed by atoms with Crippen LogP contribution in [0.4, 0.5) is 0 Å². The van der Waals surface area contributed by atoms with Crippen molar-refractivity contribution < 1.29 is 14.7 Å². The number of aromatic nitrogens is 4. The Morgan fingerprint density at radius 1 is 1.45 bits per heavy atom. The molecular formula is C13H16BrN5O3. The number of carbonyl (C=O) groups excluding carboxylic acids is 1. The third kappa shape index (κ3) is 3.53. The number of aryl methyl sites for hydroxylation is 1. The molecule has 0 radical (unpaired) electrons. The first-order valence-corrected chi connectivity index (χ1v) is 7.42. The monoisotopic (exact) mass is 369 g/mol. The number of carboxylic acids is 1. The second-order valence-electron chi connectivity index (χ2n) is 4.71. The molecule has 0 atom stereocenters. The molecule has 2 heterocycles. The summed E-state index contributed by atoms with van der Waals surface area (Å²) in [5, 5.41) is 16.9. The molecule has 2 aromatic rings. The Morgan fingerprint density at radius 3 is 2.82 bits per heavy atom. The highest BCUT2D eigenvalue weighted by molar-refractivity contribution is 9.10. The summed E-state index contributed by atoms with van der Waals surface area (Å²) < 4.78 is 3.86. The van der Waals surface area contributed by atoms with Gasteiger partial charge >= 0.3 is 5.97 Å². The van der Waals surface area contributed by atoms with Crippen LogP contribution in [-0.2, 0) is 24.4 Å². The van der Waals surface area contributed by atoms with Crippen LogP contribution in [0, 0.1) is 0 Å². The molecule has 0 aliphatic heterocycles. The predicted octanol–water partition coefficient (Wildman–Crippen LogP) is 1.22. The molecule has 22 heavy (non-hydrogen) atoms. The van der Waals surface area contributed by atoms with Crippen molar-refractivity contribution in [3.63, 3.8) is 0 Å². The van der Waals surface area contributed by atoms with Crippen LogP contribution >= 0.6 is 15.9 Å². The Morgan fingerprint density at radius 2 is 2.18 bits per heavy atom. The lowest BCUT2D eigenvalue weighted by Crippen LogP contribution is -2.28. The lowest BCUT2D eigenvalue weighted by Gasteiger charge is -2.17. The molecule has 1 N–H and O–H groups in total. The smallest absolute Gasteiger partial charge is 0.325 e. The van der Waals surface area contributed by atoms with Gasteiger partial charge in [0.05, 0.1) is 22.9 Å². The van der Waals surface area contributed by atoms with Crippen molar-refractivity contribution in [3.05, 3.63) is 34.3 Å². The second kappa shape index (κ2) is 6.73. The third-order valence-corrected chi connectivity index (χ3v) is 3.75. The first-order chi connectivity index (χ1) is 10.4. The van der Waals surface area contributed by atoms with E-state index in [1.54, 1.807) is 17.9 Å². The molecule has 0 aliphatic rings. The maximum atomic E-state index is 12.3. The zero-order valence-corrected chi connectivity index (χ0v) is 13.8. The number of aliphatic carboxylic acids is 1. The number of carbonyl (C=O) groups is 2. The number of amides is 1. The van der Waals surface area contributed by atoms with Gasteiger partial charge in [-0.15, -0.1) is 0 Å². The van der Waals surface area contributed by atoms with Crippen molar-refractivity contribution in [2.45, 2.75) is 26.6 Å². The van der Waals surface area contributed by atoms with Crippen LogP contribution in [0.5, 0.6) is 0 Å². The van der Waals surface area contributed by atoms with Crippen molar-refractivity contribution in [1.29, 1.82) is 0 Å². The van der Waals surface area contributed by atoms with Crippen molar-refractivity contribution in [2.24, 2.45) is 0 Å². The fourth-order valence-corrected chi connectivity index (χ4v) is 2.43. The van der Waals surface area contributed by atoms with E-state index >= 15 is 0 Å². The molecule has 2 aromatic heterocycles. The number of nitrogens with zero attached hydrogens (tertiary/aromatic N) is 5. The second-order valence-corrected chi connectivity index (χ2v) is 5.56. The Hall–Kier alpha value is -2.16. The summed E-state index contributed by atoms with van der Waals surface area (Å²) in [4.78, 5) is 24.5. The zero-order chi connectivity index (χ0) is 16.3. The number of hydrogen-bond acceptors (Lipinski definition) is 4. The van der Waals surface area contributed by atoms with Crippen LogP contribution in [0.1, 0.15) is 23.1 Å². The molecule has 0 aromatic carbocycles. The molecule has 8 nitrogen and oxygen atoms in total. The van der Waals surface area contributed by atoms with Gasteiger partial charge in [-0.1, -0.05) is 0 Å². The van der Waals surface area contributed by atoms with Crippen LogP contribution < -0.4 is 0 Å². The van der Waals surface area contributed by atoms with Crippen LogP contribution in [0.3, 0.4) is 0 Å². The van der Waals surface area contributed by atoms with Gasteiger partial charge in [-0.3, -0.25) is 19.0 Å². The van der Waals surface area contributed by atoms with E-state index in [0.717, 1.165) is 10.2 Å². The van der Waals surface area contributed by atoms with E-state index in [0.29, 0.717) is 13.1 Å². The van der Waals surface area contributed by atoms with Gasteiger partial charge in [-0.25, -0.2) is 0 Å². The van der Waals surface area contributed by atoms with Gasteiger partial charge in [0.2, 0.25) is 0 Å². The lowest BCUT2D eigenvalue weighted by atomic mass is 10.3. The highest BCUT2D eigenvalue weighted by Gasteiger charge is 2.18. The SMILES string of the molecule is CCn1ncc(Br)c1CN(C)C(=O)c1ccn(CC(=O)O)n1. The van der Waals surface area contributed by atoms with Crippen LogP contribution in [0.25, 0.3) is 0 Å². The first kappa shape index (κ1) is 16.2. The van der Waals surface area contributed by atoms with E-state index in [9.17, 15) is 9.59 Å². The Bertz CT molecular complexity index is 694. The quantitative estimate of drug-likeness (QED) is 0.825. The summed E-state index contributed by atoms with van der Waals surface area (Å²) in [6.07, 6.45) is 3.17. The Kier molecular flexibility index (Phi) is 4.96. The average Bonchev–Trinajstić information content (AvgIpc) is 3.05. The molecule has 1 amide bonds. The fraction of sp³-hybridized carbons (Fsp3) is 0.385. The minimum atomic E-state index is -1.01. The minimum Gasteiger partial charge on any atom is -0.480 e. The zero-order valence-electron chi connectivity index (χ0n) is 12.2. The molecule has 118 valence electrons. The van der Waals surface area contributed by atoms with Crippen molar-refractivity contribution in [3.8, 4) is 0 Å². The highest BCUT2D eigenvalue weighted by atomic mass is 79.9. The molecule has 0 saturated carbocycles. The Labute approximate surface area is 135 Å². The highest BCUT2D eigenvalue weighted by Crippen LogP contribution is 2.18. The van der Waals surface area contributed by atoms with Crippen LogP contribution in [-0.4, -0.2) is 48.5 Å². The molecule has 0 aliphatic carbocycles.